The van der Waals surface area contributed by atoms with Crippen LogP contribution in [0.4, 0.5) is 4.39 Å². The summed E-state index contributed by atoms with van der Waals surface area (Å²) in [6.45, 7) is 1.43. The molecule has 1 aliphatic heterocycles. The van der Waals surface area contributed by atoms with Gasteiger partial charge in [-0.05, 0) is 49.7 Å². The summed E-state index contributed by atoms with van der Waals surface area (Å²) >= 11 is 5.77. The van der Waals surface area contributed by atoms with E-state index in [1.54, 1.807) is 12.1 Å². The van der Waals surface area contributed by atoms with Crippen LogP contribution >= 0.6 is 11.6 Å². The molecule has 3 rings (SSSR count). The van der Waals surface area contributed by atoms with Crippen LogP contribution in [0, 0.1) is 11.7 Å². The highest BCUT2D eigenvalue weighted by atomic mass is 35.5. The molecule has 0 saturated carbocycles. The lowest BCUT2D eigenvalue weighted by molar-refractivity contribution is 0.0943. The number of benzene rings is 1. The summed E-state index contributed by atoms with van der Waals surface area (Å²) in [6.07, 6.45) is 3.83. The minimum atomic E-state index is -0.411. The Bertz CT molecular complexity index is 690. The van der Waals surface area contributed by atoms with Crippen molar-refractivity contribution in [1.29, 1.82) is 0 Å². The van der Waals surface area contributed by atoms with Crippen molar-refractivity contribution in [2.24, 2.45) is 5.92 Å². The van der Waals surface area contributed by atoms with Crippen LogP contribution in [0.1, 0.15) is 28.4 Å². The quantitative estimate of drug-likeness (QED) is 0.929. The van der Waals surface area contributed by atoms with Crippen molar-refractivity contribution in [3.05, 3.63) is 58.8 Å². The highest BCUT2D eigenvalue weighted by Crippen LogP contribution is 2.36. The Kier molecular flexibility index (Phi) is 4.68. The van der Waals surface area contributed by atoms with E-state index in [2.05, 4.69) is 10.2 Å². The monoisotopic (exact) mass is 336 g/mol. The van der Waals surface area contributed by atoms with Gasteiger partial charge in [-0.1, -0.05) is 17.7 Å². The number of nitrogens with zero attached hydrogens (tertiary/aromatic N) is 1. The molecule has 1 saturated heterocycles. The van der Waals surface area contributed by atoms with Crippen molar-refractivity contribution in [2.75, 3.05) is 20.1 Å². The zero-order chi connectivity index (χ0) is 16.4. The molecule has 2 atom stereocenters. The third kappa shape index (κ3) is 3.41. The van der Waals surface area contributed by atoms with Gasteiger partial charge in [0.1, 0.15) is 12.1 Å². The Morgan fingerprint density at radius 3 is 3.00 bits per heavy atom. The van der Waals surface area contributed by atoms with Crippen LogP contribution in [0.15, 0.2) is 41.2 Å². The summed E-state index contributed by atoms with van der Waals surface area (Å²) in [5.74, 6) is -0.351. The van der Waals surface area contributed by atoms with Gasteiger partial charge in [0.2, 0.25) is 0 Å². The Balaban J connectivity index is 1.71. The molecule has 0 bridgehead atoms. The highest BCUT2D eigenvalue weighted by molar-refractivity contribution is 6.30. The Morgan fingerprint density at radius 2 is 2.30 bits per heavy atom. The minimum absolute atomic E-state index is 0.0615. The predicted octanol–water partition coefficient (Wildman–Crippen LogP) is 3.49. The first kappa shape index (κ1) is 16.0. The summed E-state index contributed by atoms with van der Waals surface area (Å²) in [5.41, 5.74) is 1.39. The number of halogens is 2. The Labute approximate surface area is 139 Å². The van der Waals surface area contributed by atoms with Crippen molar-refractivity contribution in [3.8, 4) is 0 Å². The lowest BCUT2D eigenvalue weighted by atomic mass is 9.93. The molecular formula is C17H18ClFN2O2. The van der Waals surface area contributed by atoms with E-state index in [1.165, 1.54) is 18.6 Å². The van der Waals surface area contributed by atoms with Gasteiger partial charge in [0.05, 0.1) is 16.8 Å². The number of carbonyl (C=O) groups is 1. The molecule has 23 heavy (non-hydrogen) atoms. The Hall–Kier alpha value is -1.85. The fourth-order valence-corrected chi connectivity index (χ4v) is 3.30. The molecule has 1 amide bonds. The number of nitrogens with one attached hydrogen (secondary N) is 1. The van der Waals surface area contributed by atoms with Gasteiger partial charge < -0.3 is 9.73 Å². The highest BCUT2D eigenvalue weighted by Gasteiger charge is 2.33. The number of carbonyl (C=O) groups excluding carboxylic acids is 1. The fraction of sp³-hybridized carbons (Fsp3) is 0.353. The van der Waals surface area contributed by atoms with Gasteiger partial charge in [-0.3, -0.25) is 9.69 Å². The van der Waals surface area contributed by atoms with E-state index in [-0.39, 0.29) is 22.9 Å². The summed E-state index contributed by atoms with van der Waals surface area (Å²) < 4.78 is 18.7. The summed E-state index contributed by atoms with van der Waals surface area (Å²) in [6, 6.07) is 6.61. The van der Waals surface area contributed by atoms with Crippen LogP contribution in [0.3, 0.4) is 0 Å². The predicted molar refractivity (Wildman–Crippen MR) is 85.9 cm³/mol. The van der Waals surface area contributed by atoms with Crippen LogP contribution in [0.25, 0.3) is 0 Å². The summed E-state index contributed by atoms with van der Waals surface area (Å²) in [7, 11) is 2.01. The van der Waals surface area contributed by atoms with E-state index >= 15 is 0 Å². The largest absolute Gasteiger partial charge is 0.472 e. The van der Waals surface area contributed by atoms with E-state index < -0.39 is 5.82 Å². The van der Waals surface area contributed by atoms with Crippen LogP contribution in [-0.2, 0) is 0 Å². The number of amides is 1. The molecule has 1 aromatic carbocycles. The van der Waals surface area contributed by atoms with Crippen molar-refractivity contribution < 1.29 is 13.6 Å². The number of furan rings is 1. The van der Waals surface area contributed by atoms with Crippen molar-refractivity contribution in [3.63, 3.8) is 0 Å². The second-order valence-electron chi connectivity index (χ2n) is 5.87. The Morgan fingerprint density at radius 1 is 1.48 bits per heavy atom. The third-order valence-corrected chi connectivity index (χ3v) is 4.67. The minimum Gasteiger partial charge on any atom is -0.472 e. The number of likely N-dealkylation sites (tertiary alicyclic amines) is 1. The maximum atomic E-state index is 13.8. The van der Waals surface area contributed by atoms with E-state index in [1.807, 2.05) is 13.1 Å². The smallest absolute Gasteiger partial charge is 0.254 e. The van der Waals surface area contributed by atoms with E-state index in [9.17, 15) is 9.18 Å². The molecule has 4 nitrogen and oxygen atoms in total. The average molecular weight is 337 g/mol. The maximum Gasteiger partial charge on any atom is 0.254 e. The lowest BCUT2D eigenvalue weighted by Gasteiger charge is -2.26. The number of hydrogen-bond donors (Lipinski definition) is 1. The van der Waals surface area contributed by atoms with E-state index in [0.717, 1.165) is 18.5 Å². The van der Waals surface area contributed by atoms with Gasteiger partial charge in [0.25, 0.3) is 5.91 Å². The summed E-state index contributed by atoms with van der Waals surface area (Å²) in [5, 5.41) is 3.05. The van der Waals surface area contributed by atoms with Gasteiger partial charge in [-0.2, -0.15) is 0 Å². The maximum absolute atomic E-state index is 13.8. The first-order valence-corrected chi connectivity index (χ1v) is 7.89. The van der Waals surface area contributed by atoms with Crippen molar-refractivity contribution >= 4 is 17.5 Å². The standard InChI is InChI=1S/C17H18ClFN2O2/c1-21-6-4-12(9-20-17(22)13-5-7-23-10-13)16(21)11-2-3-14(18)15(19)8-11/h2-3,5,7-8,10,12,16H,4,6,9H2,1H3,(H,20,22)/t12-,16+/m0/s1. The van der Waals surface area contributed by atoms with Gasteiger partial charge in [-0.25, -0.2) is 4.39 Å². The molecule has 0 spiro atoms. The second kappa shape index (κ2) is 6.72. The zero-order valence-electron chi connectivity index (χ0n) is 12.8. The molecule has 1 N–H and O–H groups in total. The van der Waals surface area contributed by atoms with Crippen LogP contribution in [0.5, 0.6) is 0 Å². The third-order valence-electron chi connectivity index (χ3n) is 4.37. The second-order valence-corrected chi connectivity index (χ2v) is 6.28. The fourth-order valence-electron chi connectivity index (χ4n) is 3.18. The summed E-state index contributed by atoms with van der Waals surface area (Å²) in [4.78, 5) is 14.2. The molecule has 0 aliphatic carbocycles. The molecule has 2 heterocycles. The number of hydrogen-bond acceptors (Lipinski definition) is 3. The van der Waals surface area contributed by atoms with Crippen LogP contribution in [-0.4, -0.2) is 30.9 Å². The molecule has 0 unspecified atom stereocenters. The molecule has 2 aromatic rings. The van der Waals surface area contributed by atoms with E-state index in [0.29, 0.717) is 12.1 Å². The van der Waals surface area contributed by atoms with Crippen molar-refractivity contribution in [2.45, 2.75) is 12.5 Å². The van der Waals surface area contributed by atoms with Gasteiger partial charge >= 0.3 is 0 Å². The molecule has 1 aromatic heterocycles. The van der Waals surface area contributed by atoms with Gasteiger partial charge in [-0.15, -0.1) is 0 Å². The van der Waals surface area contributed by atoms with Gasteiger partial charge in [0, 0.05) is 12.6 Å². The van der Waals surface area contributed by atoms with Crippen molar-refractivity contribution in [1.82, 2.24) is 10.2 Å². The zero-order valence-corrected chi connectivity index (χ0v) is 13.5. The van der Waals surface area contributed by atoms with Crippen LogP contribution < -0.4 is 5.32 Å². The molecule has 122 valence electrons. The van der Waals surface area contributed by atoms with Gasteiger partial charge in [0.15, 0.2) is 0 Å². The average Bonchev–Trinajstić information content (AvgIpc) is 3.18. The normalized spacial score (nSPS) is 21.5. The first-order chi connectivity index (χ1) is 11.1. The lowest BCUT2D eigenvalue weighted by Crippen LogP contribution is -2.32. The molecule has 0 radical (unpaired) electrons. The molecular weight excluding hydrogens is 319 g/mol. The topological polar surface area (TPSA) is 45.5 Å². The van der Waals surface area contributed by atoms with Crippen LogP contribution in [0.2, 0.25) is 5.02 Å². The molecule has 1 fully saturated rings. The number of rotatable bonds is 4. The SMILES string of the molecule is CN1CC[C@@H](CNC(=O)c2ccoc2)[C@H]1c1ccc(Cl)c(F)c1. The van der Waals surface area contributed by atoms with E-state index in [4.69, 9.17) is 16.0 Å². The first-order valence-electron chi connectivity index (χ1n) is 7.52. The molecule has 1 aliphatic rings. The molecule has 6 heteroatoms.